The number of amides is 1. The number of carbonyl (C=O) groups is 1. The van der Waals surface area contributed by atoms with Gasteiger partial charge in [-0.05, 0) is 41.2 Å². The number of hydrogen-bond acceptors (Lipinski definition) is 6. The predicted molar refractivity (Wildman–Crippen MR) is 132 cm³/mol. The third-order valence-electron chi connectivity index (χ3n) is 5.58. The van der Waals surface area contributed by atoms with E-state index < -0.39 is 4.92 Å². The van der Waals surface area contributed by atoms with Crippen molar-refractivity contribution < 1.29 is 14.5 Å². The zero-order valence-corrected chi connectivity index (χ0v) is 19.4. The van der Waals surface area contributed by atoms with E-state index in [4.69, 9.17) is 28.6 Å². The van der Waals surface area contributed by atoms with Crippen molar-refractivity contribution in [2.45, 2.75) is 0 Å². The number of methoxy groups -OCH3 is 1. The number of rotatable bonds is 4. The van der Waals surface area contributed by atoms with Crippen LogP contribution in [0.4, 0.5) is 11.4 Å². The summed E-state index contributed by atoms with van der Waals surface area (Å²) in [5, 5.41) is 16.7. The summed E-state index contributed by atoms with van der Waals surface area (Å²) in [7, 11) is 1.52. The molecule has 0 aliphatic carbocycles. The fourth-order valence-electron chi connectivity index (χ4n) is 3.91. The third kappa shape index (κ3) is 4.69. The highest BCUT2D eigenvalue weighted by molar-refractivity contribution is 7.80. The first kappa shape index (κ1) is 22.8. The lowest BCUT2D eigenvalue weighted by atomic mass is 10.1. The van der Waals surface area contributed by atoms with Crippen LogP contribution in [-0.2, 0) is 0 Å². The number of benzene rings is 3. The summed E-state index contributed by atoms with van der Waals surface area (Å²) in [6, 6.07) is 15.9. The summed E-state index contributed by atoms with van der Waals surface area (Å²) in [4.78, 5) is 27.7. The first-order chi connectivity index (χ1) is 15.9. The molecule has 1 fully saturated rings. The van der Waals surface area contributed by atoms with E-state index in [1.54, 1.807) is 18.2 Å². The molecule has 1 N–H and O–H groups in total. The first-order valence-electron chi connectivity index (χ1n) is 10.2. The van der Waals surface area contributed by atoms with Gasteiger partial charge in [0.05, 0.1) is 22.6 Å². The van der Waals surface area contributed by atoms with E-state index in [2.05, 4.69) is 5.32 Å². The maximum Gasteiger partial charge on any atom is 0.294 e. The number of nitrogens with zero attached hydrogens (tertiary/aromatic N) is 3. The molecular weight excluding hydrogens is 464 g/mol. The van der Waals surface area contributed by atoms with Gasteiger partial charge in [-0.2, -0.15) is 0 Å². The fraction of sp³-hybridized carbons (Fsp3) is 0.217. The Hall–Kier alpha value is -3.43. The molecule has 3 aromatic carbocycles. The van der Waals surface area contributed by atoms with E-state index >= 15 is 0 Å². The molecule has 0 unspecified atom stereocenters. The standard InChI is InChI=1S/C23H21ClN4O4S/c1-32-20-14-16-6-3-2-5-15(16)13-17(20)22(29)25-23(33)27-11-9-26(10-12-27)21-18(24)7-4-8-19(21)28(30)31/h2-8,13-14H,9-12H2,1H3,(H,25,29,33). The van der Waals surface area contributed by atoms with Gasteiger partial charge in [-0.1, -0.05) is 41.9 Å². The van der Waals surface area contributed by atoms with Crippen molar-refractivity contribution in [3.05, 3.63) is 75.3 Å². The maximum atomic E-state index is 13.0. The van der Waals surface area contributed by atoms with Gasteiger partial charge >= 0.3 is 0 Å². The monoisotopic (exact) mass is 484 g/mol. The van der Waals surface area contributed by atoms with Gasteiger partial charge in [-0.3, -0.25) is 20.2 Å². The van der Waals surface area contributed by atoms with Crippen LogP contribution in [0.2, 0.25) is 5.02 Å². The van der Waals surface area contributed by atoms with Crippen LogP contribution in [0.5, 0.6) is 5.75 Å². The minimum Gasteiger partial charge on any atom is -0.496 e. The van der Waals surface area contributed by atoms with Crippen molar-refractivity contribution >= 4 is 57.0 Å². The summed E-state index contributed by atoms with van der Waals surface area (Å²) in [5.41, 5.74) is 0.763. The Bertz CT molecular complexity index is 1240. The molecule has 0 radical (unpaired) electrons. The van der Waals surface area contributed by atoms with E-state index in [0.717, 1.165) is 10.8 Å². The molecule has 10 heteroatoms. The first-order valence-corrected chi connectivity index (χ1v) is 11.0. The van der Waals surface area contributed by atoms with E-state index in [1.807, 2.05) is 40.1 Å². The Balaban J connectivity index is 1.45. The highest BCUT2D eigenvalue weighted by atomic mass is 35.5. The number of anilines is 1. The number of piperazine rings is 1. The van der Waals surface area contributed by atoms with Gasteiger partial charge in [0, 0.05) is 32.2 Å². The lowest BCUT2D eigenvalue weighted by molar-refractivity contribution is -0.384. The van der Waals surface area contributed by atoms with Gasteiger partial charge in [0.1, 0.15) is 11.4 Å². The summed E-state index contributed by atoms with van der Waals surface area (Å²) in [6.45, 7) is 1.91. The molecule has 33 heavy (non-hydrogen) atoms. The fourth-order valence-corrected chi connectivity index (χ4v) is 4.47. The SMILES string of the molecule is COc1cc2ccccc2cc1C(=O)NC(=S)N1CCN(c2c(Cl)cccc2[N+](=O)[O-])CC1. The van der Waals surface area contributed by atoms with Crippen LogP contribution in [0.3, 0.4) is 0 Å². The molecule has 4 rings (SSSR count). The van der Waals surface area contributed by atoms with Crippen LogP contribution in [0, 0.1) is 10.1 Å². The number of ether oxygens (including phenoxy) is 1. The van der Waals surface area contributed by atoms with E-state index in [0.29, 0.717) is 53.3 Å². The van der Waals surface area contributed by atoms with Crippen LogP contribution in [0.25, 0.3) is 10.8 Å². The van der Waals surface area contributed by atoms with E-state index in [9.17, 15) is 14.9 Å². The second-order valence-corrected chi connectivity index (χ2v) is 8.29. The molecule has 1 aliphatic heterocycles. The molecule has 0 aromatic heterocycles. The van der Waals surface area contributed by atoms with Gasteiger partial charge in [0.25, 0.3) is 11.6 Å². The minimum absolute atomic E-state index is 0.0322. The van der Waals surface area contributed by atoms with Crippen molar-refractivity contribution in [3.8, 4) is 5.75 Å². The Morgan fingerprint density at radius 3 is 2.39 bits per heavy atom. The normalized spacial score (nSPS) is 13.6. The van der Waals surface area contributed by atoms with Gasteiger partial charge in [-0.25, -0.2) is 0 Å². The number of hydrogen-bond donors (Lipinski definition) is 1. The van der Waals surface area contributed by atoms with Gasteiger partial charge in [-0.15, -0.1) is 0 Å². The number of thiocarbonyl (C=S) groups is 1. The largest absolute Gasteiger partial charge is 0.496 e. The lowest BCUT2D eigenvalue weighted by Gasteiger charge is -2.37. The molecule has 0 saturated carbocycles. The van der Waals surface area contributed by atoms with Crippen LogP contribution in [0.1, 0.15) is 10.4 Å². The molecule has 1 saturated heterocycles. The molecule has 0 bridgehead atoms. The average molecular weight is 485 g/mol. The van der Waals surface area contributed by atoms with Crippen molar-refractivity contribution in [2.24, 2.45) is 0 Å². The molecule has 1 aliphatic rings. The highest BCUT2D eigenvalue weighted by Crippen LogP contribution is 2.36. The summed E-state index contributed by atoms with van der Waals surface area (Å²) in [5.74, 6) is 0.108. The number of nitrogens with one attached hydrogen (secondary N) is 1. The van der Waals surface area contributed by atoms with Gasteiger partial charge in [0.15, 0.2) is 5.11 Å². The summed E-state index contributed by atoms with van der Waals surface area (Å²) >= 11 is 11.7. The molecule has 0 spiro atoms. The maximum absolute atomic E-state index is 13.0. The smallest absolute Gasteiger partial charge is 0.294 e. The summed E-state index contributed by atoms with van der Waals surface area (Å²) < 4.78 is 5.41. The second kappa shape index (κ2) is 9.60. The lowest BCUT2D eigenvalue weighted by Crippen LogP contribution is -2.52. The number of nitro benzene ring substituents is 1. The third-order valence-corrected chi connectivity index (χ3v) is 6.24. The Morgan fingerprint density at radius 2 is 1.76 bits per heavy atom. The number of para-hydroxylation sites is 1. The average Bonchev–Trinajstić information content (AvgIpc) is 2.83. The topological polar surface area (TPSA) is 88.0 Å². The molecule has 170 valence electrons. The van der Waals surface area contributed by atoms with Crippen LogP contribution >= 0.6 is 23.8 Å². The Labute approximate surface area is 200 Å². The molecule has 3 aromatic rings. The molecule has 1 amide bonds. The quantitative estimate of drug-likeness (QED) is 0.336. The van der Waals surface area contributed by atoms with Crippen LogP contribution < -0.4 is 15.0 Å². The van der Waals surface area contributed by atoms with Gasteiger partial charge in [0.2, 0.25) is 0 Å². The molecule has 8 nitrogen and oxygen atoms in total. The van der Waals surface area contributed by atoms with Crippen molar-refractivity contribution in [1.82, 2.24) is 10.2 Å². The minimum atomic E-state index is -0.435. The number of nitro groups is 1. The Kier molecular flexibility index (Phi) is 6.62. The van der Waals surface area contributed by atoms with E-state index in [1.165, 1.54) is 13.2 Å². The van der Waals surface area contributed by atoms with Crippen molar-refractivity contribution in [3.63, 3.8) is 0 Å². The van der Waals surface area contributed by atoms with Crippen molar-refractivity contribution in [2.75, 3.05) is 38.2 Å². The zero-order chi connectivity index (χ0) is 23.5. The van der Waals surface area contributed by atoms with Gasteiger partial charge < -0.3 is 14.5 Å². The number of fused-ring (bicyclic) bond motifs is 1. The second-order valence-electron chi connectivity index (χ2n) is 7.50. The van der Waals surface area contributed by atoms with E-state index in [-0.39, 0.29) is 11.6 Å². The Morgan fingerprint density at radius 1 is 1.09 bits per heavy atom. The zero-order valence-electron chi connectivity index (χ0n) is 17.8. The van der Waals surface area contributed by atoms with Crippen LogP contribution in [0.15, 0.2) is 54.6 Å². The van der Waals surface area contributed by atoms with Crippen molar-refractivity contribution in [1.29, 1.82) is 0 Å². The highest BCUT2D eigenvalue weighted by Gasteiger charge is 2.27. The predicted octanol–water partition coefficient (Wildman–Crippen LogP) is 4.25. The molecule has 0 atom stereocenters. The number of carbonyl (C=O) groups excluding carboxylic acids is 1. The molecule has 1 heterocycles. The van der Waals surface area contributed by atoms with Crippen LogP contribution in [-0.4, -0.2) is 54.1 Å². The summed E-state index contributed by atoms with van der Waals surface area (Å²) in [6.07, 6.45) is 0. The molecular formula is C23H21ClN4O4S. The number of halogens is 1.